The molecule has 0 spiro atoms. The Balaban J connectivity index is 2.95. The van der Waals surface area contributed by atoms with Crippen LogP contribution in [0.25, 0.3) is 6.08 Å². The van der Waals surface area contributed by atoms with Gasteiger partial charge in [-0.2, -0.15) is 0 Å². The molecule has 0 fully saturated rings. The second-order valence-electron chi connectivity index (χ2n) is 2.01. The number of rotatable bonds is 1. The summed E-state index contributed by atoms with van der Waals surface area (Å²) in [5.41, 5.74) is 6.54. The number of aromatic nitrogens is 1. The average molecular weight is 134 g/mol. The molecule has 1 aromatic heterocycles. The van der Waals surface area contributed by atoms with Gasteiger partial charge in [-0.25, -0.2) is 4.98 Å². The number of pyridine rings is 1. The molecular weight excluding hydrogens is 124 g/mol. The maximum Gasteiger partial charge on any atom is 0.123 e. The summed E-state index contributed by atoms with van der Waals surface area (Å²) in [5, 5.41) is 0. The number of nitrogens with two attached hydrogens (primary N) is 1. The highest BCUT2D eigenvalue weighted by atomic mass is 14.8. The first-order valence-corrected chi connectivity index (χ1v) is 3.17. The van der Waals surface area contributed by atoms with Crippen molar-refractivity contribution < 1.29 is 0 Å². The van der Waals surface area contributed by atoms with Crippen molar-refractivity contribution in [2.24, 2.45) is 0 Å². The molecule has 1 aromatic rings. The topological polar surface area (TPSA) is 38.9 Å². The molecule has 0 aliphatic carbocycles. The van der Waals surface area contributed by atoms with Crippen molar-refractivity contribution in [2.45, 2.75) is 6.92 Å². The molecule has 0 amide bonds. The Kier molecular flexibility index (Phi) is 2.05. The van der Waals surface area contributed by atoms with Crippen LogP contribution in [0.15, 0.2) is 24.4 Å². The lowest BCUT2D eigenvalue weighted by molar-refractivity contribution is 1.33. The first-order chi connectivity index (χ1) is 4.83. The summed E-state index contributed by atoms with van der Waals surface area (Å²) in [7, 11) is 0. The molecule has 2 nitrogen and oxygen atoms in total. The Morgan fingerprint density at radius 2 is 2.40 bits per heavy atom. The molecule has 0 aliphatic rings. The van der Waals surface area contributed by atoms with Crippen LogP contribution in [-0.2, 0) is 0 Å². The predicted molar refractivity (Wildman–Crippen MR) is 43.4 cm³/mol. The van der Waals surface area contributed by atoms with Crippen LogP contribution in [0.5, 0.6) is 0 Å². The van der Waals surface area contributed by atoms with Crippen molar-refractivity contribution in [3.63, 3.8) is 0 Å². The van der Waals surface area contributed by atoms with Gasteiger partial charge in [-0.05, 0) is 24.6 Å². The predicted octanol–water partition coefficient (Wildman–Crippen LogP) is 1.70. The van der Waals surface area contributed by atoms with Crippen molar-refractivity contribution in [3.05, 3.63) is 30.0 Å². The van der Waals surface area contributed by atoms with Crippen molar-refractivity contribution in [1.29, 1.82) is 0 Å². The minimum atomic E-state index is 0.565. The van der Waals surface area contributed by atoms with Crippen LogP contribution in [0, 0.1) is 0 Å². The van der Waals surface area contributed by atoms with E-state index in [2.05, 4.69) is 4.98 Å². The normalized spacial score (nSPS) is 10.5. The summed E-state index contributed by atoms with van der Waals surface area (Å²) in [6.45, 7) is 1.97. The van der Waals surface area contributed by atoms with Crippen LogP contribution >= 0.6 is 0 Å². The van der Waals surface area contributed by atoms with E-state index in [1.54, 1.807) is 6.20 Å². The third-order valence-electron chi connectivity index (χ3n) is 1.16. The first-order valence-electron chi connectivity index (χ1n) is 3.17. The Labute approximate surface area is 60.4 Å². The number of allylic oxidation sites excluding steroid dienone is 1. The minimum absolute atomic E-state index is 0.565. The standard InChI is InChI=1S/C8H10N2/c1-2-3-7-4-5-10-8(9)6-7/h2-6H,1H3,(H2,9,10)/b3-2+. The molecule has 0 bridgehead atoms. The molecule has 2 heteroatoms. The molecule has 52 valence electrons. The fourth-order valence-electron chi connectivity index (χ4n) is 0.762. The van der Waals surface area contributed by atoms with Gasteiger partial charge in [0.1, 0.15) is 5.82 Å². The van der Waals surface area contributed by atoms with Crippen LogP contribution in [0.2, 0.25) is 0 Å². The molecule has 0 aliphatic heterocycles. The Hall–Kier alpha value is -1.31. The number of hydrogen-bond donors (Lipinski definition) is 1. The minimum Gasteiger partial charge on any atom is -0.384 e. The summed E-state index contributed by atoms with van der Waals surface area (Å²) >= 11 is 0. The molecule has 0 saturated carbocycles. The second-order valence-corrected chi connectivity index (χ2v) is 2.01. The van der Waals surface area contributed by atoms with Crippen molar-refractivity contribution >= 4 is 11.9 Å². The monoisotopic (exact) mass is 134 g/mol. The molecule has 1 rings (SSSR count). The van der Waals surface area contributed by atoms with Gasteiger partial charge < -0.3 is 5.73 Å². The van der Waals surface area contributed by atoms with Crippen LogP contribution in [0.1, 0.15) is 12.5 Å². The van der Waals surface area contributed by atoms with Gasteiger partial charge >= 0.3 is 0 Å². The molecule has 0 atom stereocenters. The molecule has 1 heterocycles. The first kappa shape index (κ1) is 6.81. The van der Waals surface area contributed by atoms with Gasteiger partial charge in [-0.3, -0.25) is 0 Å². The van der Waals surface area contributed by atoms with Gasteiger partial charge in [0.05, 0.1) is 0 Å². The highest BCUT2D eigenvalue weighted by Crippen LogP contribution is 2.03. The van der Waals surface area contributed by atoms with Crippen molar-refractivity contribution in [2.75, 3.05) is 5.73 Å². The van der Waals surface area contributed by atoms with E-state index in [1.165, 1.54) is 0 Å². The highest BCUT2D eigenvalue weighted by molar-refractivity contribution is 5.52. The van der Waals surface area contributed by atoms with E-state index in [0.29, 0.717) is 5.82 Å². The summed E-state index contributed by atoms with van der Waals surface area (Å²) in [5.74, 6) is 0.565. The Bertz CT molecular complexity index is 241. The summed E-state index contributed by atoms with van der Waals surface area (Å²) in [6, 6.07) is 3.75. The van der Waals surface area contributed by atoms with Crippen LogP contribution in [0.3, 0.4) is 0 Å². The van der Waals surface area contributed by atoms with Gasteiger partial charge in [-0.1, -0.05) is 12.2 Å². The van der Waals surface area contributed by atoms with Gasteiger partial charge in [-0.15, -0.1) is 0 Å². The van der Waals surface area contributed by atoms with E-state index in [9.17, 15) is 0 Å². The lowest BCUT2D eigenvalue weighted by Crippen LogP contribution is -1.88. The summed E-state index contributed by atoms with van der Waals surface area (Å²) in [6.07, 6.45) is 5.65. The van der Waals surface area contributed by atoms with Crippen molar-refractivity contribution in [3.8, 4) is 0 Å². The van der Waals surface area contributed by atoms with Crippen LogP contribution in [0.4, 0.5) is 5.82 Å². The van der Waals surface area contributed by atoms with E-state index in [4.69, 9.17) is 5.73 Å². The van der Waals surface area contributed by atoms with Crippen LogP contribution in [-0.4, -0.2) is 4.98 Å². The van der Waals surface area contributed by atoms with Crippen molar-refractivity contribution in [1.82, 2.24) is 4.98 Å². The third kappa shape index (κ3) is 1.58. The maximum absolute atomic E-state index is 5.44. The lowest BCUT2D eigenvalue weighted by atomic mass is 10.2. The quantitative estimate of drug-likeness (QED) is 0.634. The average Bonchev–Trinajstić information content (AvgIpc) is 1.88. The molecule has 0 radical (unpaired) electrons. The van der Waals surface area contributed by atoms with E-state index < -0.39 is 0 Å². The largest absolute Gasteiger partial charge is 0.384 e. The Morgan fingerprint density at radius 3 is 3.00 bits per heavy atom. The molecule has 10 heavy (non-hydrogen) atoms. The zero-order valence-electron chi connectivity index (χ0n) is 5.91. The molecular formula is C8H10N2. The number of nitrogens with zero attached hydrogens (tertiary/aromatic N) is 1. The van der Waals surface area contributed by atoms with E-state index in [0.717, 1.165) is 5.56 Å². The lowest BCUT2D eigenvalue weighted by Gasteiger charge is -1.92. The zero-order valence-corrected chi connectivity index (χ0v) is 5.91. The highest BCUT2D eigenvalue weighted by Gasteiger charge is 1.85. The molecule has 0 saturated heterocycles. The smallest absolute Gasteiger partial charge is 0.123 e. The fraction of sp³-hybridized carbons (Fsp3) is 0.125. The van der Waals surface area contributed by atoms with E-state index in [1.807, 2.05) is 31.2 Å². The summed E-state index contributed by atoms with van der Waals surface area (Å²) in [4.78, 5) is 3.87. The van der Waals surface area contributed by atoms with Gasteiger partial charge in [0.2, 0.25) is 0 Å². The number of nitrogen functional groups attached to an aromatic ring is 1. The summed E-state index contributed by atoms with van der Waals surface area (Å²) < 4.78 is 0. The van der Waals surface area contributed by atoms with E-state index in [-0.39, 0.29) is 0 Å². The molecule has 0 unspecified atom stereocenters. The van der Waals surface area contributed by atoms with Gasteiger partial charge in [0, 0.05) is 6.20 Å². The zero-order chi connectivity index (χ0) is 7.40. The van der Waals surface area contributed by atoms with Gasteiger partial charge in [0.25, 0.3) is 0 Å². The number of hydrogen-bond acceptors (Lipinski definition) is 2. The number of anilines is 1. The Morgan fingerprint density at radius 1 is 1.60 bits per heavy atom. The van der Waals surface area contributed by atoms with Gasteiger partial charge in [0.15, 0.2) is 0 Å². The fourth-order valence-corrected chi connectivity index (χ4v) is 0.762. The van der Waals surface area contributed by atoms with E-state index >= 15 is 0 Å². The van der Waals surface area contributed by atoms with Crippen LogP contribution < -0.4 is 5.73 Å². The third-order valence-corrected chi connectivity index (χ3v) is 1.16. The molecule has 0 aromatic carbocycles. The maximum atomic E-state index is 5.44. The SMILES string of the molecule is C/C=C/c1ccnc(N)c1. The molecule has 2 N–H and O–H groups in total. The second kappa shape index (κ2) is 3.01.